The molecule has 1 heterocycles. The summed E-state index contributed by atoms with van der Waals surface area (Å²) in [5, 5.41) is 3.43. The van der Waals surface area contributed by atoms with Crippen LogP contribution in [0.1, 0.15) is 31.2 Å². The van der Waals surface area contributed by atoms with E-state index in [2.05, 4.69) is 36.1 Å². The van der Waals surface area contributed by atoms with Gasteiger partial charge in [0.25, 0.3) is 0 Å². The molecule has 1 rings (SSSR count). The molecule has 0 aliphatic rings. The fourth-order valence-electron chi connectivity index (χ4n) is 1.71. The van der Waals surface area contributed by atoms with E-state index in [1.807, 2.05) is 13.8 Å². The average Bonchev–Trinajstić information content (AvgIpc) is 2.52. The lowest BCUT2D eigenvalue weighted by Crippen LogP contribution is -2.30. The van der Waals surface area contributed by atoms with E-state index < -0.39 is 0 Å². The summed E-state index contributed by atoms with van der Waals surface area (Å²) in [5.41, 5.74) is 1.00. The van der Waals surface area contributed by atoms with E-state index in [0.29, 0.717) is 5.92 Å². The van der Waals surface area contributed by atoms with Gasteiger partial charge in [0.05, 0.1) is 12.2 Å². The van der Waals surface area contributed by atoms with Crippen LogP contribution in [0.2, 0.25) is 0 Å². The first kappa shape index (κ1) is 14.2. The van der Waals surface area contributed by atoms with E-state index in [0.717, 1.165) is 43.5 Å². The minimum atomic E-state index is 0.708. The molecule has 17 heavy (non-hydrogen) atoms. The molecule has 0 spiro atoms. The van der Waals surface area contributed by atoms with Gasteiger partial charge in [0, 0.05) is 20.0 Å². The summed E-state index contributed by atoms with van der Waals surface area (Å²) in [6.45, 7) is 12.3. The maximum Gasteiger partial charge on any atom is 0.191 e. The average molecular weight is 239 g/mol. The third-order valence-electron chi connectivity index (χ3n) is 2.64. The number of likely N-dealkylation sites (N-methyl/N-ethyl adjacent to an activating group) is 1. The van der Waals surface area contributed by atoms with Crippen molar-refractivity contribution in [2.24, 2.45) is 5.92 Å². The zero-order chi connectivity index (χ0) is 12.8. The standard InChI is InChI=1S/C13H25N3O/c1-10(2)8-14-6-7-16(5)9-13-11(3)15-12(4)17-13/h10,14H,6-9H2,1-5H3. The Bertz CT molecular complexity index is 333. The number of aryl methyl sites for hydroxylation is 2. The molecular formula is C13H25N3O. The van der Waals surface area contributed by atoms with Crippen LogP contribution >= 0.6 is 0 Å². The molecule has 0 saturated heterocycles. The van der Waals surface area contributed by atoms with Crippen molar-refractivity contribution in [1.29, 1.82) is 0 Å². The zero-order valence-corrected chi connectivity index (χ0v) is 11.7. The lowest BCUT2D eigenvalue weighted by Gasteiger charge is -2.16. The lowest BCUT2D eigenvalue weighted by molar-refractivity contribution is 0.288. The van der Waals surface area contributed by atoms with E-state index >= 15 is 0 Å². The van der Waals surface area contributed by atoms with Crippen molar-refractivity contribution in [2.75, 3.05) is 26.7 Å². The second kappa shape index (κ2) is 6.77. The van der Waals surface area contributed by atoms with Gasteiger partial charge in [-0.15, -0.1) is 0 Å². The highest BCUT2D eigenvalue weighted by molar-refractivity contribution is 5.06. The van der Waals surface area contributed by atoms with Gasteiger partial charge in [-0.3, -0.25) is 4.90 Å². The molecule has 0 aliphatic heterocycles. The van der Waals surface area contributed by atoms with Crippen LogP contribution in [0.25, 0.3) is 0 Å². The van der Waals surface area contributed by atoms with Crippen LogP contribution in [-0.4, -0.2) is 36.6 Å². The van der Waals surface area contributed by atoms with Crippen molar-refractivity contribution in [3.05, 3.63) is 17.3 Å². The minimum Gasteiger partial charge on any atom is -0.444 e. The molecule has 0 unspecified atom stereocenters. The molecule has 1 aromatic heterocycles. The molecule has 0 atom stereocenters. The summed E-state index contributed by atoms with van der Waals surface area (Å²) in [5.74, 6) is 2.44. The van der Waals surface area contributed by atoms with Crippen molar-refractivity contribution < 1.29 is 4.42 Å². The number of hydrogen-bond acceptors (Lipinski definition) is 4. The second-order valence-corrected chi connectivity index (χ2v) is 5.08. The summed E-state index contributed by atoms with van der Waals surface area (Å²) < 4.78 is 5.56. The molecule has 0 fully saturated rings. The lowest BCUT2D eigenvalue weighted by atomic mass is 10.2. The topological polar surface area (TPSA) is 41.3 Å². The SMILES string of the molecule is Cc1nc(C)c(CN(C)CCNCC(C)C)o1. The Morgan fingerprint density at radius 3 is 2.59 bits per heavy atom. The number of aromatic nitrogens is 1. The number of nitrogens with one attached hydrogen (secondary N) is 1. The Labute approximate surface area is 104 Å². The summed E-state index contributed by atoms with van der Waals surface area (Å²) in [6, 6.07) is 0. The van der Waals surface area contributed by atoms with Crippen molar-refractivity contribution in [2.45, 2.75) is 34.2 Å². The van der Waals surface area contributed by atoms with E-state index in [9.17, 15) is 0 Å². The van der Waals surface area contributed by atoms with Gasteiger partial charge in [-0.2, -0.15) is 0 Å². The fourth-order valence-corrected chi connectivity index (χ4v) is 1.71. The second-order valence-electron chi connectivity index (χ2n) is 5.08. The van der Waals surface area contributed by atoms with Gasteiger partial charge in [-0.25, -0.2) is 4.98 Å². The number of oxazole rings is 1. The van der Waals surface area contributed by atoms with Gasteiger partial charge in [-0.1, -0.05) is 13.8 Å². The Hall–Kier alpha value is -0.870. The Morgan fingerprint density at radius 2 is 2.06 bits per heavy atom. The molecule has 0 saturated carbocycles. The van der Waals surface area contributed by atoms with Gasteiger partial charge < -0.3 is 9.73 Å². The molecule has 0 aromatic carbocycles. The summed E-state index contributed by atoms with van der Waals surface area (Å²) in [7, 11) is 2.11. The van der Waals surface area contributed by atoms with Crippen LogP contribution < -0.4 is 5.32 Å². The highest BCUT2D eigenvalue weighted by Crippen LogP contribution is 2.10. The smallest absolute Gasteiger partial charge is 0.191 e. The van der Waals surface area contributed by atoms with Crippen LogP contribution in [0.3, 0.4) is 0 Å². The highest BCUT2D eigenvalue weighted by atomic mass is 16.4. The monoisotopic (exact) mass is 239 g/mol. The first-order chi connectivity index (χ1) is 7.99. The molecule has 0 aliphatic carbocycles. The number of nitrogens with zero attached hydrogens (tertiary/aromatic N) is 2. The first-order valence-electron chi connectivity index (χ1n) is 6.31. The van der Waals surface area contributed by atoms with Crippen LogP contribution in [0.15, 0.2) is 4.42 Å². The predicted molar refractivity (Wildman–Crippen MR) is 70.0 cm³/mol. The summed E-state index contributed by atoms with van der Waals surface area (Å²) >= 11 is 0. The van der Waals surface area contributed by atoms with Crippen LogP contribution in [0, 0.1) is 19.8 Å². The van der Waals surface area contributed by atoms with Crippen molar-refractivity contribution in [3.8, 4) is 0 Å². The normalized spacial score (nSPS) is 11.7. The predicted octanol–water partition coefficient (Wildman–Crippen LogP) is 1.97. The molecule has 0 amide bonds. The third kappa shape index (κ3) is 5.33. The Morgan fingerprint density at radius 1 is 1.35 bits per heavy atom. The van der Waals surface area contributed by atoms with Gasteiger partial charge in [0.1, 0.15) is 5.76 Å². The molecule has 4 nitrogen and oxygen atoms in total. The summed E-state index contributed by atoms with van der Waals surface area (Å²) in [6.07, 6.45) is 0. The molecule has 1 N–H and O–H groups in total. The summed E-state index contributed by atoms with van der Waals surface area (Å²) in [4.78, 5) is 6.53. The van der Waals surface area contributed by atoms with E-state index in [1.165, 1.54) is 0 Å². The van der Waals surface area contributed by atoms with Gasteiger partial charge in [-0.05, 0) is 26.4 Å². The molecule has 1 aromatic rings. The zero-order valence-electron chi connectivity index (χ0n) is 11.7. The number of rotatable bonds is 7. The molecular weight excluding hydrogens is 214 g/mol. The van der Waals surface area contributed by atoms with E-state index in [1.54, 1.807) is 0 Å². The van der Waals surface area contributed by atoms with Gasteiger partial charge in [0.2, 0.25) is 0 Å². The van der Waals surface area contributed by atoms with Gasteiger partial charge >= 0.3 is 0 Å². The van der Waals surface area contributed by atoms with Crippen LogP contribution in [-0.2, 0) is 6.54 Å². The Balaban J connectivity index is 2.25. The van der Waals surface area contributed by atoms with Crippen molar-refractivity contribution in [3.63, 3.8) is 0 Å². The largest absolute Gasteiger partial charge is 0.444 e. The maximum absolute atomic E-state index is 5.56. The Kier molecular flexibility index (Phi) is 5.65. The molecule has 0 bridgehead atoms. The van der Waals surface area contributed by atoms with Crippen LogP contribution in [0.4, 0.5) is 0 Å². The highest BCUT2D eigenvalue weighted by Gasteiger charge is 2.09. The maximum atomic E-state index is 5.56. The van der Waals surface area contributed by atoms with Crippen LogP contribution in [0.5, 0.6) is 0 Å². The first-order valence-corrected chi connectivity index (χ1v) is 6.31. The van der Waals surface area contributed by atoms with Crippen molar-refractivity contribution in [1.82, 2.24) is 15.2 Å². The van der Waals surface area contributed by atoms with E-state index in [-0.39, 0.29) is 0 Å². The quantitative estimate of drug-likeness (QED) is 0.739. The van der Waals surface area contributed by atoms with Gasteiger partial charge in [0.15, 0.2) is 5.89 Å². The molecule has 98 valence electrons. The third-order valence-corrected chi connectivity index (χ3v) is 2.64. The van der Waals surface area contributed by atoms with Crippen molar-refractivity contribution >= 4 is 0 Å². The number of hydrogen-bond donors (Lipinski definition) is 1. The molecule has 4 heteroatoms. The van der Waals surface area contributed by atoms with E-state index in [4.69, 9.17) is 4.42 Å². The fraction of sp³-hybridized carbons (Fsp3) is 0.769. The molecule has 0 radical (unpaired) electrons. The minimum absolute atomic E-state index is 0.708.